The topological polar surface area (TPSA) is 38.1 Å². The summed E-state index contributed by atoms with van der Waals surface area (Å²) in [5.41, 5.74) is 3.84. The highest BCUT2D eigenvalue weighted by molar-refractivity contribution is 5.94. The number of amides is 1. The first kappa shape index (κ1) is 18.7. The van der Waals surface area contributed by atoms with Crippen LogP contribution in [0.2, 0.25) is 0 Å². The number of para-hydroxylation sites is 3. The molecule has 1 heterocycles. The molecule has 144 valence electrons. The van der Waals surface area contributed by atoms with Gasteiger partial charge in [0, 0.05) is 12.2 Å². The van der Waals surface area contributed by atoms with E-state index < -0.39 is 0 Å². The summed E-state index contributed by atoms with van der Waals surface area (Å²) >= 11 is 0. The maximum absolute atomic E-state index is 13.2. The quantitative estimate of drug-likeness (QED) is 0.457. The summed E-state index contributed by atoms with van der Waals surface area (Å²) in [6.07, 6.45) is 4.00. The van der Waals surface area contributed by atoms with Gasteiger partial charge in [-0.05, 0) is 42.8 Å². The first-order valence-electron chi connectivity index (χ1n) is 9.80. The molecule has 4 heteroatoms. The lowest BCUT2D eigenvalue weighted by atomic mass is 10.2. The summed E-state index contributed by atoms with van der Waals surface area (Å²) in [6, 6.07) is 27.8. The third-order valence-electron chi connectivity index (χ3n) is 4.89. The van der Waals surface area contributed by atoms with Crippen LogP contribution in [0.1, 0.15) is 18.3 Å². The largest absolute Gasteiger partial charge is 0.315 e. The molecule has 29 heavy (non-hydrogen) atoms. The lowest BCUT2D eigenvalue weighted by Gasteiger charge is -2.21. The van der Waals surface area contributed by atoms with Crippen molar-refractivity contribution in [3.63, 3.8) is 0 Å². The number of hydrogen-bond donors (Lipinski definition) is 0. The van der Waals surface area contributed by atoms with Crippen LogP contribution in [0.3, 0.4) is 0 Å². The van der Waals surface area contributed by atoms with Crippen molar-refractivity contribution in [2.45, 2.75) is 13.5 Å². The van der Waals surface area contributed by atoms with Gasteiger partial charge in [-0.1, -0.05) is 66.7 Å². The Morgan fingerprint density at radius 3 is 2.28 bits per heavy atom. The van der Waals surface area contributed by atoms with Gasteiger partial charge in [0.2, 0.25) is 5.91 Å². The first-order chi connectivity index (χ1) is 14.3. The van der Waals surface area contributed by atoms with Crippen LogP contribution in [-0.4, -0.2) is 22.0 Å². The molecular formula is C25H23N3O. The summed E-state index contributed by atoms with van der Waals surface area (Å²) in [5.74, 6) is 0.809. The van der Waals surface area contributed by atoms with Crippen molar-refractivity contribution >= 4 is 34.8 Å². The van der Waals surface area contributed by atoms with Crippen molar-refractivity contribution in [3.05, 3.63) is 96.3 Å². The Labute approximate surface area is 170 Å². The molecule has 0 aliphatic heterocycles. The highest BCUT2D eigenvalue weighted by atomic mass is 16.2. The summed E-state index contributed by atoms with van der Waals surface area (Å²) in [6.45, 7) is 2.84. The van der Waals surface area contributed by atoms with E-state index in [4.69, 9.17) is 4.98 Å². The van der Waals surface area contributed by atoms with E-state index in [9.17, 15) is 4.79 Å². The molecule has 0 atom stereocenters. The highest BCUT2D eigenvalue weighted by Crippen LogP contribution is 2.20. The number of carbonyl (C=O) groups is 1. The third kappa shape index (κ3) is 4.11. The monoisotopic (exact) mass is 381 g/mol. The van der Waals surface area contributed by atoms with Gasteiger partial charge in [0.25, 0.3) is 0 Å². The molecule has 0 unspecified atom stereocenters. The molecule has 0 aliphatic rings. The number of imidazole rings is 1. The number of benzene rings is 3. The van der Waals surface area contributed by atoms with Crippen LogP contribution in [0.5, 0.6) is 0 Å². The molecule has 0 fully saturated rings. The van der Waals surface area contributed by atoms with Crippen LogP contribution in [0, 0.1) is 0 Å². The third-order valence-corrected chi connectivity index (χ3v) is 4.89. The van der Waals surface area contributed by atoms with E-state index in [1.807, 2.05) is 109 Å². The van der Waals surface area contributed by atoms with Crippen LogP contribution >= 0.6 is 0 Å². The van der Waals surface area contributed by atoms with Gasteiger partial charge in [-0.25, -0.2) is 4.98 Å². The molecule has 4 aromatic rings. The SMILES string of the molecule is CCN(C(=O)Cn1c(/C=C/c2ccccc2)nc2ccccc21)c1ccccc1. The van der Waals surface area contributed by atoms with E-state index >= 15 is 0 Å². The molecule has 0 saturated carbocycles. The van der Waals surface area contributed by atoms with E-state index in [0.717, 1.165) is 28.1 Å². The second kappa shape index (κ2) is 8.57. The van der Waals surface area contributed by atoms with Crippen LogP contribution in [-0.2, 0) is 11.3 Å². The second-order valence-corrected chi connectivity index (χ2v) is 6.76. The zero-order chi connectivity index (χ0) is 20.1. The minimum atomic E-state index is 0.0382. The molecule has 0 aliphatic carbocycles. The molecule has 3 aromatic carbocycles. The average Bonchev–Trinajstić information content (AvgIpc) is 3.12. The lowest BCUT2D eigenvalue weighted by Crippen LogP contribution is -2.33. The van der Waals surface area contributed by atoms with Crippen molar-refractivity contribution < 1.29 is 4.79 Å². The predicted octanol–water partition coefficient (Wildman–Crippen LogP) is 5.26. The highest BCUT2D eigenvalue weighted by Gasteiger charge is 2.17. The van der Waals surface area contributed by atoms with Crippen molar-refractivity contribution in [3.8, 4) is 0 Å². The molecule has 0 radical (unpaired) electrons. The van der Waals surface area contributed by atoms with Gasteiger partial charge in [-0.15, -0.1) is 0 Å². The smallest absolute Gasteiger partial charge is 0.246 e. The van der Waals surface area contributed by atoms with Crippen LogP contribution in [0.15, 0.2) is 84.9 Å². The predicted molar refractivity (Wildman–Crippen MR) is 120 cm³/mol. The van der Waals surface area contributed by atoms with Gasteiger partial charge in [-0.3, -0.25) is 4.79 Å². The Bertz CT molecular complexity index is 1130. The van der Waals surface area contributed by atoms with Gasteiger partial charge in [0.1, 0.15) is 12.4 Å². The van der Waals surface area contributed by atoms with Gasteiger partial charge >= 0.3 is 0 Å². The number of nitrogens with zero attached hydrogens (tertiary/aromatic N) is 3. The minimum Gasteiger partial charge on any atom is -0.315 e. The van der Waals surface area contributed by atoms with Gasteiger partial charge in [0.15, 0.2) is 0 Å². The maximum atomic E-state index is 13.2. The fourth-order valence-corrected chi connectivity index (χ4v) is 3.45. The van der Waals surface area contributed by atoms with Gasteiger partial charge in [-0.2, -0.15) is 0 Å². The fraction of sp³-hybridized carbons (Fsp3) is 0.120. The molecule has 0 bridgehead atoms. The van der Waals surface area contributed by atoms with Gasteiger partial charge < -0.3 is 9.47 Å². The zero-order valence-electron chi connectivity index (χ0n) is 16.4. The van der Waals surface area contributed by atoms with Crippen molar-refractivity contribution in [2.75, 3.05) is 11.4 Å². The molecule has 4 nitrogen and oxygen atoms in total. The molecular weight excluding hydrogens is 358 g/mol. The Morgan fingerprint density at radius 2 is 1.55 bits per heavy atom. The first-order valence-corrected chi connectivity index (χ1v) is 9.80. The van der Waals surface area contributed by atoms with Crippen LogP contribution < -0.4 is 4.90 Å². The second-order valence-electron chi connectivity index (χ2n) is 6.76. The molecule has 1 aromatic heterocycles. The standard InChI is InChI=1S/C25H23N3O/c1-2-27(21-13-7-4-8-14-21)25(29)19-28-23-16-10-9-15-22(23)26-24(28)18-17-20-11-5-3-6-12-20/h3-18H,2,19H2,1H3/b18-17+. The summed E-state index contributed by atoms with van der Waals surface area (Å²) < 4.78 is 1.99. The number of likely N-dealkylation sites (N-methyl/N-ethyl adjacent to an activating group) is 1. The number of hydrogen-bond acceptors (Lipinski definition) is 2. The summed E-state index contributed by atoms with van der Waals surface area (Å²) in [4.78, 5) is 19.7. The summed E-state index contributed by atoms with van der Waals surface area (Å²) in [5, 5.41) is 0. The molecule has 0 saturated heterocycles. The van der Waals surface area contributed by atoms with Crippen molar-refractivity contribution in [1.29, 1.82) is 0 Å². The van der Waals surface area contributed by atoms with Crippen molar-refractivity contribution in [1.82, 2.24) is 9.55 Å². The Balaban J connectivity index is 1.68. The van der Waals surface area contributed by atoms with E-state index in [-0.39, 0.29) is 12.5 Å². The van der Waals surface area contributed by atoms with E-state index in [1.54, 1.807) is 4.90 Å². The normalized spacial score (nSPS) is 11.2. The molecule has 1 amide bonds. The molecule has 4 rings (SSSR count). The number of carbonyl (C=O) groups excluding carboxylic acids is 1. The summed E-state index contributed by atoms with van der Waals surface area (Å²) in [7, 11) is 0. The molecule has 0 N–H and O–H groups in total. The number of aromatic nitrogens is 2. The minimum absolute atomic E-state index is 0.0382. The maximum Gasteiger partial charge on any atom is 0.246 e. The number of rotatable bonds is 6. The van der Waals surface area contributed by atoms with E-state index in [0.29, 0.717) is 6.54 Å². The van der Waals surface area contributed by atoms with E-state index in [2.05, 4.69) is 0 Å². The fourth-order valence-electron chi connectivity index (χ4n) is 3.45. The lowest BCUT2D eigenvalue weighted by molar-refractivity contribution is -0.119. The average molecular weight is 381 g/mol. The Kier molecular flexibility index (Phi) is 5.52. The number of fused-ring (bicyclic) bond motifs is 1. The van der Waals surface area contributed by atoms with Crippen LogP contribution in [0.4, 0.5) is 5.69 Å². The Morgan fingerprint density at radius 1 is 0.897 bits per heavy atom. The number of anilines is 1. The zero-order valence-corrected chi connectivity index (χ0v) is 16.4. The van der Waals surface area contributed by atoms with E-state index in [1.165, 1.54) is 0 Å². The molecule has 0 spiro atoms. The van der Waals surface area contributed by atoms with Gasteiger partial charge in [0.05, 0.1) is 11.0 Å². The van der Waals surface area contributed by atoms with Crippen molar-refractivity contribution in [2.24, 2.45) is 0 Å². The Hall–Kier alpha value is -3.66. The van der Waals surface area contributed by atoms with Crippen LogP contribution in [0.25, 0.3) is 23.2 Å².